The van der Waals surface area contributed by atoms with Crippen LogP contribution in [0.4, 0.5) is 0 Å². The normalized spacial score (nSPS) is 33.2. The summed E-state index contributed by atoms with van der Waals surface area (Å²) in [5, 5.41) is 0. The molecule has 2 unspecified atom stereocenters. The van der Waals surface area contributed by atoms with E-state index in [2.05, 4.69) is 39.8 Å². The summed E-state index contributed by atoms with van der Waals surface area (Å²) in [4.78, 5) is 0. The summed E-state index contributed by atoms with van der Waals surface area (Å²) in [5.41, 5.74) is 0.0371. The van der Waals surface area contributed by atoms with Crippen molar-refractivity contribution >= 4 is 0 Å². The van der Waals surface area contributed by atoms with Gasteiger partial charge in [-0.15, -0.1) is 0 Å². The third-order valence-electron chi connectivity index (χ3n) is 2.95. The third kappa shape index (κ3) is 2.34. The van der Waals surface area contributed by atoms with Gasteiger partial charge in [0.15, 0.2) is 0 Å². The smallest absolute Gasteiger partial charge is 0.0894 e. The van der Waals surface area contributed by atoms with Gasteiger partial charge in [0.1, 0.15) is 0 Å². The lowest BCUT2D eigenvalue weighted by Crippen LogP contribution is -2.34. The first-order valence-corrected chi connectivity index (χ1v) is 5.48. The highest BCUT2D eigenvalue weighted by Gasteiger charge is 2.36. The van der Waals surface area contributed by atoms with Crippen LogP contribution in [0.1, 0.15) is 47.0 Å². The second-order valence-corrected chi connectivity index (χ2v) is 4.40. The van der Waals surface area contributed by atoms with E-state index in [0.29, 0.717) is 12.0 Å². The van der Waals surface area contributed by atoms with E-state index < -0.39 is 0 Å². The highest BCUT2D eigenvalue weighted by molar-refractivity contribution is 5.12. The maximum atomic E-state index is 6.00. The lowest BCUT2D eigenvalue weighted by atomic mass is 9.86. The van der Waals surface area contributed by atoms with Crippen LogP contribution in [-0.2, 0) is 4.74 Å². The van der Waals surface area contributed by atoms with Crippen molar-refractivity contribution in [2.24, 2.45) is 5.92 Å². The highest BCUT2D eigenvalue weighted by atomic mass is 16.5. The Morgan fingerprint density at radius 3 is 2.54 bits per heavy atom. The van der Waals surface area contributed by atoms with Crippen LogP contribution in [0.15, 0.2) is 12.2 Å². The van der Waals surface area contributed by atoms with Crippen molar-refractivity contribution in [2.45, 2.75) is 58.7 Å². The molecule has 2 atom stereocenters. The quantitative estimate of drug-likeness (QED) is 0.604. The molecule has 13 heavy (non-hydrogen) atoms. The summed E-state index contributed by atoms with van der Waals surface area (Å²) in [6, 6.07) is 0. The van der Waals surface area contributed by atoms with Gasteiger partial charge in [-0.05, 0) is 19.3 Å². The predicted octanol–water partition coefficient (Wildman–Crippen LogP) is 3.55. The molecular weight excluding hydrogens is 160 g/mol. The zero-order valence-corrected chi connectivity index (χ0v) is 9.34. The number of rotatable bonds is 4. The van der Waals surface area contributed by atoms with Gasteiger partial charge in [-0.1, -0.05) is 45.8 Å². The molecule has 0 amide bonds. The van der Waals surface area contributed by atoms with Gasteiger partial charge in [-0.2, -0.15) is 0 Å². The van der Waals surface area contributed by atoms with Crippen LogP contribution in [0.5, 0.6) is 0 Å². The minimum Gasteiger partial charge on any atom is -0.364 e. The van der Waals surface area contributed by atoms with E-state index in [-0.39, 0.29) is 5.60 Å². The fraction of sp³-hybridized carbons (Fsp3) is 0.833. The van der Waals surface area contributed by atoms with Gasteiger partial charge in [-0.25, -0.2) is 0 Å². The molecule has 0 fully saturated rings. The first-order valence-electron chi connectivity index (χ1n) is 5.48. The van der Waals surface area contributed by atoms with Crippen LogP contribution in [0.25, 0.3) is 0 Å². The van der Waals surface area contributed by atoms with E-state index in [9.17, 15) is 0 Å². The van der Waals surface area contributed by atoms with E-state index in [1.807, 2.05) is 0 Å². The molecule has 0 saturated carbocycles. The SMILES string of the molecule is CCCCC1(C(C)C)C=CC(C)O1. The van der Waals surface area contributed by atoms with Crippen molar-refractivity contribution in [3.8, 4) is 0 Å². The summed E-state index contributed by atoms with van der Waals surface area (Å²) in [7, 11) is 0. The van der Waals surface area contributed by atoms with Gasteiger partial charge in [0.2, 0.25) is 0 Å². The lowest BCUT2D eigenvalue weighted by molar-refractivity contribution is -0.0532. The number of unbranched alkanes of at least 4 members (excludes halogenated alkanes) is 1. The Hall–Kier alpha value is -0.300. The molecule has 1 rings (SSSR count). The van der Waals surface area contributed by atoms with Crippen LogP contribution < -0.4 is 0 Å². The molecule has 0 aromatic rings. The number of hydrogen-bond donors (Lipinski definition) is 0. The average Bonchev–Trinajstić information content (AvgIpc) is 2.45. The molecule has 0 aliphatic carbocycles. The van der Waals surface area contributed by atoms with E-state index >= 15 is 0 Å². The van der Waals surface area contributed by atoms with Gasteiger partial charge in [0, 0.05) is 0 Å². The molecule has 1 aliphatic heterocycles. The van der Waals surface area contributed by atoms with Crippen molar-refractivity contribution in [1.29, 1.82) is 0 Å². The third-order valence-corrected chi connectivity index (χ3v) is 2.95. The maximum Gasteiger partial charge on any atom is 0.0894 e. The fourth-order valence-corrected chi connectivity index (χ4v) is 1.94. The molecule has 0 spiro atoms. The van der Waals surface area contributed by atoms with E-state index in [0.717, 1.165) is 0 Å². The van der Waals surface area contributed by atoms with Gasteiger partial charge < -0.3 is 4.74 Å². The van der Waals surface area contributed by atoms with Gasteiger partial charge in [-0.3, -0.25) is 0 Å². The molecule has 0 radical (unpaired) electrons. The first kappa shape index (κ1) is 10.8. The van der Waals surface area contributed by atoms with Crippen LogP contribution in [0.2, 0.25) is 0 Å². The van der Waals surface area contributed by atoms with Crippen LogP contribution in [0.3, 0.4) is 0 Å². The Morgan fingerprint density at radius 2 is 2.15 bits per heavy atom. The summed E-state index contributed by atoms with van der Waals surface area (Å²) >= 11 is 0. The van der Waals surface area contributed by atoms with Crippen LogP contribution >= 0.6 is 0 Å². The molecule has 1 aliphatic rings. The monoisotopic (exact) mass is 182 g/mol. The fourth-order valence-electron chi connectivity index (χ4n) is 1.94. The topological polar surface area (TPSA) is 9.23 Å². The van der Waals surface area contributed by atoms with Crippen molar-refractivity contribution in [1.82, 2.24) is 0 Å². The van der Waals surface area contributed by atoms with Crippen LogP contribution in [-0.4, -0.2) is 11.7 Å². The Balaban J connectivity index is 2.61. The number of hydrogen-bond acceptors (Lipinski definition) is 1. The van der Waals surface area contributed by atoms with Gasteiger partial charge in [0.25, 0.3) is 0 Å². The summed E-state index contributed by atoms with van der Waals surface area (Å²) in [6.07, 6.45) is 8.45. The Labute approximate surface area is 82.2 Å². The minimum atomic E-state index is 0.0371. The standard InChI is InChI=1S/C12H22O/c1-5-6-8-12(10(2)3)9-7-11(4)13-12/h7,9-11H,5-6,8H2,1-4H3. The largest absolute Gasteiger partial charge is 0.364 e. The molecule has 0 saturated heterocycles. The van der Waals surface area contributed by atoms with Crippen molar-refractivity contribution < 1.29 is 4.74 Å². The molecule has 0 bridgehead atoms. The Kier molecular flexibility index (Phi) is 3.55. The van der Waals surface area contributed by atoms with Crippen LogP contribution in [0, 0.1) is 5.92 Å². The molecule has 76 valence electrons. The Morgan fingerprint density at radius 1 is 1.46 bits per heavy atom. The molecule has 1 heteroatoms. The van der Waals surface area contributed by atoms with E-state index in [4.69, 9.17) is 4.74 Å². The van der Waals surface area contributed by atoms with Crippen molar-refractivity contribution in [3.05, 3.63) is 12.2 Å². The average molecular weight is 182 g/mol. The zero-order chi connectivity index (χ0) is 9.90. The summed E-state index contributed by atoms with van der Waals surface area (Å²) < 4.78 is 6.00. The molecule has 1 nitrogen and oxygen atoms in total. The number of ether oxygens (including phenoxy) is 1. The van der Waals surface area contributed by atoms with Crippen molar-refractivity contribution in [3.63, 3.8) is 0 Å². The van der Waals surface area contributed by atoms with E-state index in [1.54, 1.807) is 0 Å². The summed E-state index contributed by atoms with van der Waals surface area (Å²) in [5.74, 6) is 0.584. The first-order chi connectivity index (χ1) is 6.10. The second kappa shape index (κ2) is 4.28. The molecule has 0 N–H and O–H groups in total. The van der Waals surface area contributed by atoms with Gasteiger partial charge in [0.05, 0.1) is 11.7 Å². The zero-order valence-electron chi connectivity index (χ0n) is 9.34. The van der Waals surface area contributed by atoms with Crippen molar-refractivity contribution in [2.75, 3.05) is 0 Å². The van der Waals surface area contributed by atoms with E-state index in [1.165, 1.54) is 19.3 Å². The van der Waals surface area contributed by atoms with Gasteiger partial charge >= 0.3 is 0 Å². The molecule has 0 aromatic carbocycles. The predicted molar refractivity (Wildman–Crippen MR) is 56.8 cm³/mol. The highest BCUT2D eigenvalue weighted by Crippen LogP contribution is 2.35. The second-order valence-electron chi connectivity index (χ2n) is 4.40. The minimum absolute atomic E-state index is 0.0371. The molecule has 1 heterocycles. The maximum absolute atomic E-state index is 6.00. The molecular formula is C12H22O. The lowest BCUT2D eigenvalue weighted by Gasteiger charge is -2.32. The Bertz CT molecular complexity index is 184. The summed E-state index contributed by atoms with van der Waals surface area (Å²) in [6.45, 7) is 8.85. The molecule has 0 aromatic heterocycles.